The summed E-state index contributed by atoms with van der Waals surface area (Å²) in [7, 11) is 1.27. The van der Waals surface area contributed by atoms with Crippen LogP contribution in [0, 0.1) is 0 Å². The average molecular weight is 284 g/mol. The Bertz CT molecular complexity index is 626. The molecule has 2 aromatic rings. The van der Waals surface area contributed by atoms with Crippen molar-refractivity contribution in [3.8, 4) is 0 Å². The Morgan fingerprint density at radius 2 is 1.76 bits per heavy atom. The number of amides is 1. The van der Waals surface area contributed by atoms with E-state index >= 15 is 0 Å². The number of nitrogens with one attached hydrogen (secondary N) is 1. The summed E-state index contributed by atoms with van der Waals surface area (Å²) in [5, 5.41) is 2.78. The van der Waals surface area contributed by atoms with Crippen molar-refractivity contribution in [2.24, 2.45) is 0 Å². The molecule has 5 heteroatoms. The van der Waals surface area contributed by atoms with Gasteiger partial charge in [-0.05, 0) is 24.1 Å². The Labute approximate surface area is 123 Å². The highest BCUT2D eigenvalue weighted by atomic mass is 16.5. The molecule has 0 radical (unpaired) electrons. The van der Waals surface area contributed by atoms with E-state index in [0.717, 1.165) is 12.0 Å². The van der Waals surface area contributed by atoms with Gasteiger partial charge in [0.15, 0.2) is 0 Å². The third-order valence-electron chi connectivity index (χ3n) is 2.92. The number of esters is 1. The fourth-order valence-corrected chi connectivity index (χ4v) is 1.84. The first-order chi connectivity index (χ1) is 10.2. The number of ether oxygens (including phenoxy) is 1. The Kier molecular flexibility index (Phi) is 5.04. The first-order valence-corrected chi connectivity index (χ1v) is 6.58. The van der Waals surface area contributed by atoms with Crippen LogP contribution in [0.2, 0.25) is 0 Å². The summed E-state index contributed by atoms with van der Waals surface area (Å²) in [6.45, 7) is 0.507. The van der Waals surface area contributed by atoms with Crippen LogP contribution in [0.3, 0.4) is 0 Å². The Balaban J connectivity index is 1.93. The number of nitrogens with zero attached hydrogens (tertiary/aromatic N) is 1. The molecule has 1 amide bonds. The fraction of sp³-hybridized carbons (Fsp3) is 0.188. The molecule has 5 nitrogen and oxygen atoms in total. The largest absolute Gasteiger partial charge is 0.464 e. The molecule has 0 saturated heterocycles. The maximum absolute atomic E-state index is 12.0. The van der Waals surface area contributed by atoms with Crippen molar-refractivity contribution in [3.63, 3.8) is 0 Å². The SMILES string of the molecule is COC(=O)c1cccc(C(=O)NCCc2ccccc2)n1. The highest BCUT2D eigenvalue weighted by molar-refractivity contribution is 5.94. The number of hydrogen-bond donors (Lipinski definition) is 1. The second-order valence-electron chi connectivity index (χ2n) is 4.39. The lowest BCUT2D eigenvalue weighted by Crippen LogP contribution is -2.27. The van der Waals surface area contributed by atoms with Crippen LogP contribution >= 0.6 is 0 Å². The van der Waals surface area contributed by atoms with Gasteiger partial charge < -0.3 is 10.1 Å². The summed E-state index contributed by atoms with van der Waals surface area (Å²) in [6.07, 6.45) is 0.739. The van der Waals surface area contributed by atoms with Gasteiger partial charge in [0.25, 0.3) is 5.91 Å². The van der Waals surface area contributed by atoms with Gasteiger partial charge in [-0.3, -0.25) is 4.79 Å². The van der Waals surface area contributed by atoms with Crippen molar-refractivity contribution in [1.29, 1.82) is 0 Å². The molecule has 0 spiro atoms. The van der Waals surface area contributed by atoms with Crippen molar-refractivity contribution in [3.05, 3.63) is 65.5 Å². The molecule has 0 aliphatic carbocycles. The maximum Gasteiger partial charge on any atom is 0.356 e. The molecule has 0 fully saturated rings. The molecule has 0 aliphatic heterocycles. The lowest BCUT2D eigenvalue weighted by atomic mass is 10.1. The Morgan fingerprint density at radius 1 is 1.05 bits per heavy atom. The number of pyridine rings is 1. The molecule has 0 saturated carbocycles. The van der Waals surface area contributed by atoms with Gasteiger partial charge in [0.2, 0.25) is 0 Å². The quantitative estimate of drug-likeness (QED) is 0.851. The van der Waals surface area contributed by atoms with Crippen molar-refractivity contribution in [1.82, 2.24) is 10.3 Å². The van der Waals surface area contributed by atoms with Gasteiger partial charge in [0, 0.05) is 6.54 Å². The smallest absolute Gasteiger partial charge is 0.356 e. The number of aromatic nitrogens is 1. The van der Waals surface area contributed by atoms with Crippen LogP contribution in [0.1, 0.15) is 26.5 Å². The summed E-state index contributed by atoms with van der Waals surface area (Å²) >= 11 is 0. The summed E-state index contributed by atoms with van der Waals surface area (Å²) in [5.41, 5.74) is 1.47. The van der Waals surface area contributed by atoms with Crippen molar-refractivity contribution >= 4 is 11.9 Å². The number of benzene rings is 1. The normalized spacial score (nSPS) is 9.95. The van der Waals surface area contributed by atoms with Crippen LogP contribution in [0.25, 0.3) is 0 Å². The minimum absolute atomic E-state index is 0.119. The molecular formula is C16H16N2O3. The van der Waals surface area contributed by atoms with Crippen LogP contribution in [0.5, 0.6) is 0 Å². The van der Waals surface area contributed by atoms with Crippen molar-refractivity contribution in [2.45, 2.75) is 6.42 Å². The molecule has 108 valence electrons. The number of methoxy groups -OCH3 is 1. The first-order valence-electron chi connectivity index (χ1n) is 6.58. The Hall–Kier alpha value is -2.69. The van der Waals surface area contributed by atoms with Gasteiger partial charge in [0.1, 0.15) is 11.4 Å². The van der Waals surface area contributed by atoms with E-state index in [-0.39, 0.29) is 17.3 Å². The van der Waals surface area contributed by atoms with Gasteiger partial charge in [-0.2, -0.15) is 0 Å². The van der Waals surface area contributed by atoms with Crippen molar-refractivity contribution < 1.29 is 14.3 Å². The van der Waals surface area contributed by atoms with Gasteiger partial charge in [-0.15, -0.1) is 0 Å². The van der Waals surface area contributed by atoms with E-state index in [2.05, 4.69) is 15.0 Å². The molecule has 2 rings (SSSR count). The predicted octanol–water partition coefficient (Wildman–Crippen LogP) is 1.84. The predicted molar refractivity (Wildman–Crippen MR) is 78.1 cm³/mol. The maximum atomic E-state index is 12.0. The van der Waals surface area contributed by atoms with E-state index in [1.165, 1.54) is 13.2 Å². The van der Waals surface area contributed by atoms with E-state index in [9.17, 15) is 9.59 Å². The fourth-order valence-electron chi connectivity index (χ4n) is 1.84. The molecule has 0 bridgehead atoms. The van der Waals surface area contributed by atoms with Crippen LogP contribution in [-0.2, 0) is 11.2 Å². The lowest BCUT2D eigenvalue weighted by molar-refractivity contribution is 0.0594. The Morgan fingerprint density at radius 3 is 2.48 bits per heavy atom. The van der Waals surface area contributed by atoms with Crippen LogP contribution in [0.15, 0.2) is 48.5 Å². The van der Waals surface area contributed by atoms with E-state index < -0.39 is 5.97 Å². The number of carbonyl (C=O) groups excluding carboxylic acids is 2. The van der Waals surface area contributed by atoms with E-state index in [0.29, 0.717) is 6.54 Å². The lowest BCUT2D eigenvalue weighted by Gasteiger charge is -2.06. The van der Waals surface area contributed by atoms with Gasteiger partial charge in [-0.25, -0.2) is 9.78 Å². The van der Waals surface area contributed by atoms with E-state index in [1.54, 1.807) is 12.1 Å². The summed E-state index contributed by atoms with van der Waals surface area (Å²) in [4.78, 5) is 27.3. The monoisotopic (exact) mass is 284 g/mol. The van der Waals surface area contributed by atoms with Crippen molar-refractivity contribution in [2.75, 3.05) is 13.7 Å². The minimum atomic E-state index is -0.561. The molecule has 0 aliphatic rings. The number of rotatable bonds is 5. The zero-order valence-corrected chi connectivity index (χ0v) is 11.7. The first kappa shape index (κ1) is 14.7. The third-order valence-corrected chi connectivity index (χ3v) is 2.92. The zero-order chi connectivity index (χ0) is 15.1. The molecule has 1 heterocycles. The third kappa shape index (κ3) is 4.14. The topological polar surface area (TPSA) is 68.3 Å². The molecule has 1 aromatic carbocycles. The van der Waals surface area contributed by atoms with E-state index in [1.807, 2.05) is 30.3 Å². The molecule has 21 heavy (non-hydrogen) atoms. The highest BCUT2D eigenvalue weighted by Crippen LogP contribution is 2.02. The number of carbonyl (C=O) groups is 2. The van der Waals surface area contributed by atoms with Gasteiger partial charge in [-0.1, -0.05) is 36.4 Å². The minimum Gasteiger partial charge on any atom is -0.464 e. The summed E-state index contributed by atoms with van der Waals surface area (Å²) in [5.74, 6) is -0.870. The average Bonchev–Trinajstić information content (AvgIpc) is 2.55. The standard InChI is InChI=1S/C16H16N2O3/c1-21-16(20)14-9-5-8-13(18-14)15(19)17-11-10-12-6-3-2-4-7-12/h2-9H,10-11H2,1H3,(H,17,19). The second kappa shape index (κ2) is 7.19. The summed E-state index contributed by atoms with van der Waals surface area (Å²) < 4.78 is 4.58. The molecule has 0 atom stereocenters. The molecule has 1 N–H and O–H groups in total. The van der Waals surface area contributed by atoms with E-state index in [4.69, 9.17) is 0 Å². The molecule has 1 aromatic heterocycles. The highest BCUT2D eigenvalue weighted by Gasteiger charge is 2.11. The van der Waals surface area contributed by atoms with Gasteiger partial charge >= 0.3 is 5.97 Å². The summed E-state index contributed by atoms with van der Waals surface area (Å²) in [6, 6.07) is 14.5. The van der Waals surface area contributed by atoms with Crippen LogP contribution < -0.4 is 5.32 Å². The second-order valence-corrected chi connectivity index (χ2v) is 4.39. The molecule has 0 unspecified atom stereocenters. The van der Waals surface area contributed by atoms with Gasteiger partial charge in [0.05, 0.1) is 7.11 Å². The number of hydrogen-bond acceptors (Lipinski definition) is 4. The zero-order valence-electron chi connectivity index (χ0n) is 11.7. The van der Waals surface area contributed by atoms with Crippen LogP contribution in [0.4, 0.5) is 0 Å². The van der Waals surface area contributed by atoms with Crippen LogP contribution in [-0.4, -0.2) is 30.5 Å². The molecular weight excluding hydrogens is 268 g/mol.